The standard InChI is InChI=1S/C23H23F2N/c1-15-21(22(2,3)23(4,5)26-15)14-20(16-6-10-18(24)11-7-16)17-8-12-19(25)13-9-17/h6-13H,1-5H3. The zero-order valence-corrected chi connectivity index (χ0v) is 15.8. The van der Waals surface area contributed by atoms with E-state index in [-0.39, 0.29) is 22.6 Å². The Morgan fingerprint density at radius 1 is 0.808 bits per heavy atom. The summed E-state index contributed by atoms with van der Waals surface area (Å²) in [5.74, 6) is -0.583. The van der Waals surface area contributed by atoms with Crippen LogP contribution in [0.25, 0.3) is 5.57 Å². The smallest absolute Gasteiger partial charge is 0.123 e. The average molecular weight is 351 g/mol. The monoisotopic (exact) mass is 351 g/mol. The third-order valence-corrected chi connectivity index (χ3v) is 5.48. The molecule has 0 amide bonds. The molecule has 0 radical (unpaired) electrons. The van der Waals surface area contributed by atoms with Crippen molar-refractivity contribution in [3.8, 4) is 0 Å². The van der Waals surface area contributed by atoms with Crippen LogP contribution in [0, 0.1) is 17.0 Å². The Morgan fingerprint density at radius 2 is 1.23 bits per heavy atom. The van der Waals surface area contributed by atoms with Gasteiger partial charge in [-0.2, -0.15) is 0 Å². The number of hydrogen-bond donors (Lipinski definition) is 0. The predicted octanol–water partition coefficient (Wildman–Crippen LogP) is 6.20. The van der Waals surface area contributed by atoms with Crippen LogP contribution in [0.2, 0.25) is 0 Å². The first-order valence-corrected chi connectivity index (χ1v) is 8.72. The van der Waals surface area contributed by atoms with Gasteiger partial charge >= 0.3 is 0 Å². The van der Waals surface area contributed by atoms with Crippen LogP contribution in [0.5, 0.6) is 0 Å². The fraction of sp³-hybridized carbons (Fsp3) is 0.304. The molecule has 0 bridgehead atoms. The summed E-state index contributed by atoms with van der Waals surface area (Å²) in [6.45, 7) is 10.5. The van der Waals surface area contributed by atoms with Gasteiger partial charge in [-0.25, -0.2) is 8.78 Å². The van der Waals surface area contributed by atoms with Crippen LogP contribution in [-0.4, -0.2) is 11.3 Å². The molecule has 0 N–H and O–H groups in total. The SMILES string of the molecule is CC1=NC(C)(C)C(C)(C)C1=C=C(c1ccc(F)cc1)c1ccc(F)cc1. The van der Waals surface area contributed by atoms with Gasteiger partial charge in [0.1, 0.15) is 11.6 Å². The van der Waals surface area contributed by atoms with Crippen molar-refractivity contribution in [1.82, 2.24) is 0 Å². The minimum Gasteiger partial charge on any atom is -0.282 e. The third-order valence-electron chi connectivity index (χ3n) is 5.48. The zero-order chi connectivity index (χ0) is 19.1. The van der Waals surface area contributed by atoms with Gasteiger partial charge in [-0.1, -0.05) is 38.1 Å². The van der Waals surface area contributed by atoms with Crippen LogP contribution in [-0.2, 0) is 0 Å². The van der Waals surface area contributed by atoms with E-state index in [1.54, 1.807) is 24.3 Å². The Morgan fingerprint density at radius 3 is 1.58 bits per heavy atom. The predicted molar refractivity (Wildman–Crippen MR) is 103 cm³/mol. The Balaban J connectivity index is 2.30. The first-order chi connectivity index (χ1) is 12.1. The molecule has 0 unspecified atom stereocenters. The zero-order valence-electron chi connectivity index (χ0n) is 15.8. The minimum atomic E-state index is -0.292. The lowest BCUT2D eigenvalue weighted by Crippen LogP contribution is -2.34. The summed E-state index contributed by atoms with van der Waals surface area (Å²) >= 11 is 0. The Bertz CT molecular complexity index is 876. The van der Waals surface area contributed by atoms with Crippen molar-refractivity contribution in [3.05, 3.63) is 82.6 Å². The lowest BCUT2D eigenvalue weighted by atomic mass is 9.71. The average Bonchev–Trinajstić information content (AvgIpc) is 2.72. The van der Waals surface area contributed by atoms with E-state index in [9.17, 15) is 8.78 Å². The molecule has 0 aromatic heterocycles. The molecule has 2 aromatic carbocycles. The molecule has 0 saturated heterocycles. The topological polar surface area (TPSA) is 12.4 Å². The first kappa shape index (κ1) is 18.3. The van der Waals surface area contributed by atoms with E-state index in [4.69, 9.17) is 4.99 Å². The van der Waals surface area contributed by atoms with E-state index in [1.807, 2.05) is 6.92 Å². The van der Waals surface area contributed by atoms with Crippen molar-refractivity contribution in [1.29, 1.82) is 0 Å². The highest BCUT2D eigenvalue weighted by Crippen LogP contribution is 2.46. The highest BCUT2D eigenvalue weighted by molar-refractivity contribution is 6.03. The number of hydrogen-bond acceptors (Lipinski definition) is 1. The molecular formula is C23H23F2N. The molecule has 1 heterocycles. The molecule has 1 aliphatic rings. The lowest BCUT2D eigenvalue weighted by Gasteiger charge is -2.33. The van der Waals surface area contributed by atoms with E-state index in [1.165, 1.54) is 24.3 Å². The number of nitrogens with zero attached hydrogens (tertiary/aromatic N) is 1. The molecule has 26 heavy (non-hydrogen) atoms. The van der Waals surface area contributed by atoms with Gasteiger partial charge in [0.15, 0.2) is 0 Å². The fourth-order valence-corrected chi connectivity index (χ4v) is 3.29. The molecule has 0 saturated carbocycles. The molecule has 1 aliphatic heterocycles. The number of benzene rings is 2. The number of halogens is 2. The lowest BCUT2D eigenvalue weighted by molar-refractivity contribution is 0.284. The van der Waals surface area contributed by atoms with E-state index >= 15 is 0 Å². The van der Waals surface area contributed by atoms with Crippen molar-refractivity contribution in [2.45, 2.75) is 40.2 Å². The molecular weight excluding hydrogens is 328 g/mol. The number of rotatable bonds is 2. The van der Waals surface area contributed by atoms with Gasteiger partial charge < -0.3 is 0 Å². The van der Waals surface area contributed by atoms with Crippen LogP contribution in [0.3, 0.4) is 0 Å². The Labute approximate surface area is 153 Å². The molecule has 3 heteroatoms. The van der Waals surface area contributed by atoms with Gasteiger partial charge in [0.2, 0.25) is 0 Å². The first-order valence-electron chi connectivity index (χ1n) is 8.72. The summed E-state index contributed by atoms with van der Waals surface area (Å²) in [5, 5.41) is 0. The Kier molecular flexibility index (Phi) is 4.46. The largest absolute Gasteiger partial charge is 0.282 e. The normalized spacial score (nSPS) is 17.7. The van der Waals surface area contributed by atoms with E-state index in [2.05, 4.69) is 33.4 Å². The van der Waals surface area contributed by atoms with Crippen LogP contribution in [0.4, 0.5) is 8.78 Å². The van der Waals surface area contributed by atoms with Gasteiger partial charge in [0.05, 0.1) is 5.54 Å². The van der Waals surface area contributed by atoms with Gasteiger partial charge in [-0.15, -0.1) is 5.73 Å². The molecule has 0 fully saturated rings. The molecule has 2 aromatic rings. The molecule has 134 valence electrons. The van der Waals surface area contributed by atoms with Crippen molar-refractivity contribution in [2.75, 3.05) is 0 Å². The summed E-state index contributed by atoms with van der Waals surface area (Å²) in [7, 11) is 0. The fourth-order valence-electron chi connectivity index (χ4n) is 3.29. The highest BCUT2D eigenvalue weighted by Gasteiger charge is 2.45. The quantitative estimate of drug-likeness (QED) is 0.571. The van der Waals surface area contributed by atoms with Crippen LogP contribution >= 0.6 is 0 Å². The van der Waals surface area contributed by atoms with Crippen LogP contribution < -0.4 is 0 Å². The third kappa shape index (κ3) is 3.15. The van der Waals surface area contributed by atoms with Crippen LogP contribution in [0.15, 0.2) is 64.8 Å². The van der Waals surface area contributed by atoms with Gasteiger partial charge in [-0.3, -0.25) is 4.99 Å². The van der Waals surface area contributed by atoms with E-state index in [0.717, 1.165) is 28.0 Å². The maximum Gasteiger partial charge on any atom is 0.123 e. The van der Waals surface area contributed by atoms with E-state index < -0.39 is 0 Å². The second-order valence-electron chi connectivity index (χ2n) is 7.77. The van der Waals surface area contributed by atoms with Crippen molar-refractivity contribution in [3.63, 3.8) is 0 Å². The van der Waals surface area contributed by atoms with Gasteiger partial charge in [-0.05, 0) is 56.2 Å². The molecule has 0 atom stereocenters. The maximum absolute atomic E-state index is 13.4. The highest BCUT2D eigenvalue weighted by atomic mass is 19.1. The molecule has 3 rings (SSSR count). The van der Waals surface area contributed by atoms with Crippen molar-refractivity contribution in [2.24, 2.45) is 10.4 Å². The summed E-state index contributed by atoms with van der Waals surface area (Å²) < 4.78 is 26.8. The summed E-state index contributed by atoms with van der Waals surface area (Å²) in [6.07, 6.45) is 0. The second-order valence-corrected chi connectivity index (χ2v) is 7.77. The maximum atomic E-state index is 13.4. The van der Waals surface area contributed by atoms with E-state index in [0.29, 0.717) is 0 Å². The van der Waals surface area contributed by atoms with Gasteiger partial charge in [0, 0.05) is 22.3 Å². The summed E-state index contributed by atoms with van der Waals surface area (Å²) in [6, 6.07) is 12.6. The minimum absolute atomic E-state index is 0.206. The second kappa shape index (κ2) is 6.34. The number of aliphatic imine (C=N–C) groups is 1. The van der Waals surface area contributed by atoms with Crippen molar-refractivity contribution < 1.29 is 8.78 Å². The summed E-state index contributed by atoms with van der Waals surface area (Å²) in [4.78, 5) is 4.81. The summed E-state index contributed by atoms with van der Waals surface area (Å²) in [5.41, 5.74) is 7.53. The van der Waals surface area contributed by atoms with Gasteiger partial charge in [0.25, 0.3) is 0 Å². The van der Waals surface area contributed by atoms with Crippen LogP contribution in [0.1, 0.15) is 45.7 Å². The molecule has 0 aliphatic carbocycles. The van der Waals surface area contributed by atoms with Crippen molar-refractivity contribution >= 4 is 11.3 Å². The molecule has 0 spiro atoms. The molecule has 1 nitrogen and oxygen atoms in total. The Hall–Kier alpha value is -2.51.